The first kappa shape index (κ1) is 18.0. The fourth-order valence-electron chi connectivity index (χ4n) is 3.11. The summed E-state index contributed by atoms with van der Waals surface area (Å²) in [6.07, 6.45) is 2.96. The molecule has 1 heterocycles. The van der Waals surface area contributed by atoms with Crippen LogP contribution >= 0.6 is 11.6 Å². The lowest BCUT2D eigenvalue weighted by molar-refractivity contribution is -0.138. The van der Waals surface area contributed by atoms with Crippen LogP contribution in [0.3, 0.4) is 0 Å². The maximum atomic E-state index is 12.1. The van der Waals surface area contributed by atoms with E-state index >= 15 is 0 Å². The van der Waals surface area contributed by atoms with Gasteiger partial charge in [-0.05, 0) is 40.6 Å². The van der Waals surface area contributed by atoms with Crippen LogP contribution in [0.15, 0.2) is 82.0 Å². The Hall–Kier alpha value is -3.37. The molecule has 0 bridgehead atoms. The summed E-state index contributed by atoms with van der Waals surface area (Å²) in [5.74, 6) is -0.512. The van der Waals surface area contributed by atoms with Crippen LogP contribution in [-0.2, 0) is 16.1 Å². The van der Waals surface area contributed by atoms with E-state index < -0.39 is 11.6 Å². The van der Waals surface area contributed by atoms with Crippen LogP contribution in [0.5, 0.6) is 0 Å². The van der Waals surface area contributed by atoms with Crippen LogP contribution in [0.25, 0.3) is 27.8 Å². The van der Waals surface area contributed by atoms with Crippen molar-refractivity contribution in [3.05, 3.63) is 99.4 Å². The molecule has 4 nitrogen and oxygen atoms in total. The second-order valence-electron chi connectivity index (χ2n) is 6.25. The Morgan fingerprint density at radius 2 is 1.89 bits per heavy atom. The third kappa shape index (κ3) is 3.82. The molecule has 0 N–H and O–H groups in total. The minimum atomic E-state index is -0.512. The molecule has 0 aliphatic carbocycles. The van der Waals surface area contributed by atoms with E-state index in [0.717, 1.165) is 21.7 Å². The SMILES string of the molecule is O=C(/C=C/c1cccc(Cl)c1)OCc1cc(=O)oc2ccc3ccccc3c12. The summed E-state index contributed by atoms with van der Waals surface area (Å²) in [6.45, 7) is -0.0329. The molecule has 0 atom stereocenters. The third-order valence-electron chi connectivity index (χ3n) is 4.35. The van der Waals surface area contributed by atoms with E-state index in [9.17, 15) is 9.59 Å². The van der Waals surface area contributed by atoms with Crippen molar-refractivity contribution in [2.24, 2.45) is 0 Å². The van der Waals surface area contributed by atoms with Crippen LogP contribution in [0, 0.1) is 0 Å². The van der Waals surface area contributed by atoms with Crippen molar-refractivity contribution in [1.29, 1.82) is 0 Å². The lowest BCUT2D eigenvalue weighted by Crippen LogP contribution is -2.06. The summed E-state index contributed by atoms with van der Waals surface area (Å²) in [5, 5.41) is 3.30. The highest BCUT2D eigenvalue weighted by atomic mass is 35.5. The number of benzene rings is 3. The van der Waals surface area contributed by atoms with Gasteiger partial charge in [0.2, 0.25) is 0 Å². The first-order chi connectivity index (χ1) is 13.6. The number of hydrogen-bond acceptors (Lipinski definition) is 4. The summed E-state index contributed by atoms with van der Waals surface area (Å²) in [6, 6.07) is 19.9. The number of esters is 1. The molecule has 0 radical (unpaired) electrons. The number of halogens is 1. The molecule has 0 unspecified atom stereocenters. The third-order valence-corrected chi connectivity index (χ3v) is 4.58. The molecule has 1 aromatic heterocycles. The minimum absolute atomic E-state index is 0.0329. The van der Waals surface area contributed by atoms with Crippen molar-refractivity contribution in [2.75, 3.05) is 0 Å². The van der Waals surface area contributed by atoms with E-state index in [4.69, 9.17) is 20.8 Å². The molecule has 0 fully saturated rings. The lowest BCUT2D eigenvalue weighted by Gasteiger charge is -2.08. The summed E-state index contributed by atoms with van der Waals surface area (Å²) in [5.41, 5.74) is 1.38. The second-order valence-corrected chi connectivity index (χ2v) is 6.68. The van der Waals surface area contributed by atoms with Gasteiger partial charge in [-0.25, -0.2) is 9.59 Å². The Kier molecular flexibility index (Phi) is 4.96. The Bertz CT molecular complexity index is 1270. The van der Waals surface area contributed by atoms with Gasteiger partial charge in [-0.15, -0.1) is 0 Å². The number of carbonyl (C=O) groups is 1. The van der Waals surface area contributed by atoms with Crippen molar-refractivity contribution < 1.29 is 13.9 Å². The molecule has 138 valence electrons. The van der Waals surface area contributed by atoms with Crippen LogP contribution in [0.1, 0.15) is 11.1 Å². The van der Waals surface area contributed by atoms with Crippen molar-refractivity contribution in [3.8, 4) is 0 Å². The molecular weight excluding hydrogens is 376 g/mol. The first-order valence-corrected chi connectivity index (χ1v) is 9.03. The van der Waals surface area contributed by atoms with E-state index in [0.29, 0.717) is 16.2 Å². The van der Waals surface area contributed by atoms with Gasteiger partial charge >= 0.3 is 11.6 Å². The van der Waals surface area contributed by atoms with Gasteiger partial charge < -0.3 is 9.15 Å². The van der Waals surface area contributed by atoms with Gasteiger partial charge in [-0.3, -0.25) is 0 Å². The van der Waals surface area contributed by atoms with E-state index in [2.05, 4.69) is 0 Å². The Labute approximate surface area is 165 Å². The van der Waals surface area contributed by atoms with Crippen LogP contribution in [0.2, 0.25) is 5.02 Å². The maximum absolute atomic E-state index is 12.1. The maximum Gasteiger partial charge on any atom is 0.336 e. The van der Waals surface area contributed by atoms with Crippen molar-refractivity contribution in [3.63, 3.8) is 0 Å². The number of hydrogen-bond donors (Lipinski definition) is 0. The van der Waals surface area contributed by atoms with E-state index in [1.807, 2.05) is 36.4 Å². The molecule has 3 aromatic carbocycles. The van der Waals surface area contributed by atoms with E-state index in [1.54, 1.807) is 30.3 Å². The minimum Gasteiger partial charge on any atom is -0.458 e. The van der Waals surface area contributed by atoms with Gasteiger partial charge in [-0.2, -0.15) is 0 Å². The highest BCUT2D eigenvalue weighted by molar-refractivity contribution is 6.30. The standard InChI is InChI=1S/C23H15ClO4/c24-18-6-3-4-15(12-18)8-11-21(25)27-14-17-13-22(26)28-20-10-9-16-5-1-2-7-19(16)23(17)20/h1-13H,14H2/b11-8+. The van der Waals surface area contributed by atoms with Gasteiger partial charge in [0, 0.05) is 28.1 Å². The zero-order valence-corrected chi connectivity index (χ0v) is 15.5. The molecule has 0 saturated carbocycles. The van der Waals surface area contributed by atoms with Gasteiger partial charge in [0.05, 0.1) is 0 Å². The monoisotopic (exact) mass is 390 g/mol. The van der Waals surface area contributed by atoms with E-state index in [1.165, 1.54) is 12.1 Å². The summed E-state index contributed by atoms with van der Waals surface area (Å²) in [4.78, 5) is 24.0. The normalized spacial score (nSPS) is 11.3. The summed E-state index contributed by atoms with van der Waals surface area (Å²) < 4.78 is 10.7. The average molecular weight is 391 g/mol. The van der Waals surface area contributed by atoms with Crippen molar-refractivity contribution >= 4 is 45.4 Å². The van der Waals surface area contributed by atoms with Crippen LogP contribution < -0.4 is 5.63 Å². The van der Waals surface area contributed by atoms with Crippen molar-refractivity contribution in [2.45, 2.75) is 6.61 Å². The molecule has 0 spiro atoms. The predicted octanol–water partition coefficient (Wildman–Crippen LogP) is 5.36. The lowest BCUT2D eigenvalue weighted by atomic mass is 10.0. The van der Waals surface area contributed by atoms with Gasteiger partial charge in [0.1, 0.15) is 12.2 Å². The van der Waals surface area contributed by atoms with Gasteiger partial charge in [0.25, 0.3) is 0 Å². The first-order valence-electron chi connectivity index (χ1n) is 8.65. The molecule has 4 rings (SSSR count). The molecule has 28 heavy (non-hydrogen) atoms. The number of ether oxygens (including phenoxy) is 1. The molecule has 4 aromatic rings. The Balaban J connectivity index is 1.62. The molecule has 0 saturated heterocycles. The molecule has 0 aliphatic rings. The van der Waals surface area contributed by atoms with Crippen LogP contribution in [0.4, 0.5) is 0 Å². The smallest absolute Gasteiger partial charge is 0.336 e. The topological polar surface area (TPSA) is 56.5 Å². The second kappa shape index (κ2) is 7.71. The predicted molar refractivity (Wildman–Crippen MR) is 110 cm³/mol. The molecule has 0 amide bonds. The fraction of sp³-hybridized carbons (Fsp3) is 0.0435. The average Bonchev–Trinajstić information content (AvgIpc) is 2.70. The Morgan fingerprint density at radius 3 is 2.75 bits per heavy atom. The van der Waals surface area contributed by atoms with Crippen molar-refractivity contribution in [1.82, 2.24) is 0 Å². The zero-order chi connectivity index (χ0) is 19.5. The highest BCUT2D eigenvalue weighted by Crippen LogP contribution is 2.27. The van der Waals surface area contributed by atoms with Crippen LogP contribution in [-0.4, -0.2) is 5.97 Å². The highest BCUT2D eigenvalue weighted by Gasteiger charge is 2.11. The molecule has 5 heteroatoms. The van der Waals surface area contributed by atoms with Gasteiger partial charge in [-0.1, -0.05) is 54.1 Å². The van der Waals surface area contributed by atoms with E-state index in [-0.39, 0.29) is 6.61 Å². The fourth-order valence-corrected chi connectivity index (χ4v) is 3.30. The summed E-state index contributed by atoms with van der Waals surface area (Å²) >= 11 is 5.93. The summed E-state index contributed by atoms with van der Waals surface area (Å²) in [7, 11) is 0. The number of carbonyl (C=O) groups excluding carboxylic acids is 1. The number of rotatable bonds is 4. The Morgan fingerprint density at radius 1 is 1.04 bits per heavy atom. The molecular formula is C23H15ClO4. The molecule has 0 aliphatic heterocycles. The van der Waals surface area contributed by atoms with Gasteiger partial charge in [0.15, 0.2) is 0 Å². The largest absolute Gasteiger partial charge is 0.458 e. The quantitative estimate of drug-likeness (QED) is 0.204. The zero-order valence-electron chi connectivity index (χ0n) is 14.7. The number of fused-ring (bicyclic) bond motifs is 3.